The molecular formula is C20H31BrIN3O. The molecule has 0 spiro atoms. The van der Waals surface area contributed by atoms with E-state index in [1.807, 2.05) is 0 Å². The molecule has 4 nitrogen and oxygen atoms in total. The van der Waals surface area contributed by atoms with Crippen LogP contribution in [0.2, 0.25) is 0 Å². The Hall–Kier alpha value is -0.340. The third-order valence-corrected chi connectivity index (χ3v) is 6.02. The van der Waals surface area contributed by atoms with E-state index < -0.39 is 0 Å². The second kappa shape index (κ2) is 10.3. The van der Waals surface area contributed by atoms with Crippen molar-refractivity contribution in [2.24, 2.45) is 10.9 Å². The molecule has 0 amide bonds. The van der Waals surface area contributed by atoms with Crippen LogP contribution in [-0.2, 0) is 10.2 Å². The molecule has 1 saturated carbocycles. The van der Waals surface area contributed by atoms with E-state index in [1.54, 1.807) is 0 Å². The molecule has 1 unspecified atom stereocenters. The summed E-state index contributed by atoms with van der Waals surface area (Å²) in [5.74, 6) is 1.65. The molecule has 1 aliphatic heterocycles. The maximum absolute atomic E-state index is 5.52. The lowest BCUT2D eigenvalue weighted by Gasteiger charge is -2.41. The van der Waals surface area contributed by atoms with Crippen molar-refractivity contribution in [3.8, 4) is 0 Å². The van der Waals surface area contributed by atoms with E-state index >= 15 is 0 Å². The Balaban J connectivity index is 0.00000243. The average molecular weight is 536 g/mol. The second-order valence-corrected chi connectivity index (χ2v) is 8.34. The minimum absolute atomic E-state index is 0. The van der Waals surface area contributed by atoms with Crippen LogP contribution in [0.25, 0.3) is 0 Å². The summed E-state index contributed by atoms with van der Waals surface area (Å²) < 4.78 is 6.67. The van der Waals surface area contributed by atoms with Crippen LogP contribution in [-0.4, -0.2) is 50.8 Å². The van der Waals surface area contributed by atoms with Crippen LogP contribution >= 0.6 is 39.9 Å². The van der Waals surface area contributed by atoms with Gasteiger partial charge in [-0.05, 0) is 43.9 Å². The summed E-state index contributed by atoms with van der Waals surface area (Å²) in [5, 5.41) is 3.47. The Kier molecular flexibility index (Phi) is 8.67. The van der Waals surface area contributed by atoms with Crippen molar-refractivity contribution in [2.75, 3.05) is 39.9 Å². The first kappa shape index (κ1) is 22.0. The maximum Gasteiger partial charge on any atom is 0.193 e. The van der Waals surface area contributed by atoms with Crippen LogP contribution in [0.5, 0.6) is 0 Å². The molecule has 26 heavy (non-hydrogen) atoms. The summed E-state index contributed by atoms with van der Waals surface area (Å²) in [5.41, 5.74) is 1.63. The first-order valence-electron chi connectivity index (χ1n) is 9.46. The molecule has 3 rings (SSSR count). The lowest BCUT2D eigenvalue weighted by molar-refractivity contribution is 0.181. The number of ether oxygens (including phenoxy) is 1. The number of rotatable bonds is 6. The van der Waals surface area contributed by atoms with E-state index in [4.69, 9.17) is 9.73 Å². The number of hydrogen-bond acceptors (Lipinski definition) is 2. The van der Waals surface area contributed by atoms with Crippen LogP contribution in [0.15, 0.2) is 33.7 Å². The fourth-order valence-corrected chi connectivity index (χ4v) is 4.26. The van der Waals surface area contributed by atoms with E-state index in [0.717, 1.165) is 49.7 Å². The van der Waals surface area contributed by atoms with Gasteiger partial charge in [0.1, 0.15) is 0 Å². The molecule has 1 N–H and O–H groups in total. The molecule has 1 aromatic carbocycles. The summed E-state index contributed by atoms with van der Waals surface area (Å²) in [7, 11) is 2.15. The van der Waals surface area contributed by atoms with Gasteiger partial charge in [-0.2, -0.15) is 0 Å². The quantitative estimate of drug-likeness (QED) is 0.333. The van der Waals surface area contributed by atoms with E-state index in [1.165, 1.54) is 24.8 Å². The van der Waals surface area contributed by atoms with Gasteiger partial charge in [0.25, 0.3) is 0 Å². The van der Waals surface area contributed by atoms with E-state index in [9.17, 15) is 0 Å². The zero-order valence-electron chi connectivity index (χ0n) is 15.8. The number of halogens is 2. The Morgan fingerprint density at radius 3 is 2.81 bits per heavy atom. The number of hydrogen-bond donors (Lipinski definition) is 1. The van der Waals surface area contributed by atoms with E-state index in [0.29, 0.717) is 5.92 Å². The summed E-state index contributed by atoms with van der Waals surface area (Å²) in [6.45, 7) is 6.68. The molecule has 1 saturated heterocycles. The summed E-state index contributed by atoms with van der Waals surface area (Å²) in [6.07, 6.45) is 4.92. The first-order chi connectivity index (χ1) is 12.1. The molecule has 1 heterocycles. The predicted octanol–water partition coefficient (Wildman–Crippen LogP) is 4.42. The Morgan fingerprint density at radius 1 is 1.42 bits per heavy atom. The number of nitrogens with one attached hydrogen (secondary N) is 1. The molecule has 0 radical (unpaired) electrons. The summed E-state index contributed by atoms with van der Waals surface area (Å²) in [4.78, 5) is 7.30. The summed E-state index contributed by atoms with van der Waals surface area (Å²) >= 11 is 3.62. The van der Waals surface area contributed by atoms with Crippen LogP contribution in [0.3, 0.4) is 0 Å². The van der Waals surface area contributed by atoms with Crippen molar-refractivity contribution in [3.05, 3.63) is 34.3 Å². The Labute approximate surface area is 183 Å². The second-order valence-electron chi connectivity index (χ2n) is 7.42. The van der Waals surface area contributed by atoms with Gasteiger partial charge in [0.2, 0.25) is 0 Å². The third kappa shape index (κ3) is 5.35. The molecule has 1 atom stereocenters. The van der Waals surface area contributed by atoms with Crippen molar-refractivity contribution >= 4 is 45.9 Å². The van der Waals surface area contributed by atoms with E-state index in [2.05, 4.69) is 64.4 Å². The van der Waals surface area contributed by atoms with Gasteiger partial charge in [0.05, 0.1) is 13.2 Å². The Bertz CT molecular complexity index is 600. The van der Waals surface area contributed by atoms with Gasteiger partial charge in [0, 0.05) is 42.5 Å². The first-order valence-corrected chi connectivity index (χ1v) is 10.3. The van der Waals surface area contributed by atoms with Crippen LogP contribution in [0.1, 0.15) is 38.2 Å². The zero-order valence-corrected chi connectivity index (χ0v) is 19.8. The molecular weight excluding hydrogens is 505 g/mol. The van der Waals surface area contributed by atoms with Gasteiger partial charge in [0.15, 0.2) is 5.96 Å². The van der Waals surface area contributed by atoms with Crippen LogP contribution < -0.4 is 5.32 Å². The van der Waals surface area contributed by atoms with Crippen molar-refractivity contribution in [2.45, 2.75) is 38.0 Å². The molecule has 146 valence electrons. The monoisotopic (exact) mass is 535 g/mol. The van der Waals surface area contributed by atoms with Gasteiger partial charge in [-0.25, -0.2) is 0 Å². The lowest BCUT2D eigenvalue weighted by Crippen LogP contribution is -2.44. The highest BCUT2D eigenvalue weighted by atomic mass is 127. The number of nitrogens with zero attached hydrogens (tertiary/aromatic N) is 2. The number of aliphatic imine (C=N–C) groups is 1. The SMILES string of the molecule is CCNC(=NCC1(c2cccc(Br)c2)CCC1)N(C)CC1CCOC1.I. The normalized spacial score (nSPS) is 21.7. The fourth-order valence-electron chi connectivity index (χ4n) is 3.86. The number of guanidine groups is 1. The smallest absolute Gasteiger partial charge is 0.193 e. The molecule has 6 heteroatoms. The fraction of sp³-hybridized carbons (Fsp3) is 0.650. The maximum atomic E-state index is 5.52. The highest BCUT2D eigenvalue weighted by Crippen LogP contribution is 2.44. The standard InChI is InChI=1S/C20H30BrN3O.HI/c1-3-22-19(24(2)13-16-8-11-25-14-16)23-15-20(9-5-10-20)17-6-4-7-18(21)12-17;/h4,6-7,12,16H,3,5,8-11,13-15H2,1-2H3,(H,22,23);1H. The van der Waals surface area contributed by atoms with Crippen molar-refractivity contribution in [1.29, 1.82) is 0 Å². The molecule has 1 aromatic rings. The Morgan fingerprint density at radius 2 is 2.23 bits per heavy atom. The minimum atomic E-state index is 0. The lowest BCUT2D eigenvalue weighted by atomic mass is 9.64. The average Bonchev–Trinajstić information content (AvgIpc) is 3.06. The van der Waals surface area contributed by atoms with Crippen LogP contribution in [0, 0.1) is 5.92 Å². The highest BCUT2D eigenvalue weighted by molar-refractivity contribution is 14.0. The third-order valence-electron chi connectivity index (χ3n) is 5.53. The van der Waals surface area contributed by atoms with Crippen LogP contribution in [0.4, 0.5) is 0 Å². The van der Waals surface area contributed by atoms with Gasteiger partial charge in [-0.1, -0.05) is 34.5 Å². The van der Waals surface area contributed by atoms with Crippen molar-refractivity contribution < 1.29 is 4.74 Å². The zero-order chi connectivity index (χ0) is 17.7. The van der Waals surface area contributed by atoms with Gasteiger partial charge >= 0.3 is 0 Å². The summed E-state index contributed by atoms with van der Waals surface area (Å²) in [6, 6.07) is 8.76. The largest absolute Gasteiger partial charge is 0.381 e. The predicted molar refractivity (Wildman–Crippen MR) is 123 cm³/mol. The highest BCUT2D eigenvalue weighted by Gasteiger charge is 2.38. The molecule has 1 aliphatic carbocycles. The number of benzene rings is 1. The van der Waals surface area contributed by atoms with Crippen molar-refractivity contribution in [1.82, 2.24) is 10.2 Å². The topological polar surface area (TPSA) is 36.9 Å². The van der Waals surface area contributed by atoms with E-state index in [-0.39, 0.29) is 29.4 Å². The van der Waals surface area contributed by atoms with Crippen molar-refractivity contribution in [3.63, 3.8) is 0 Å². The molecule has 0 bridgehead atoms. The van der Waals surface area contributed by atoms with Gasteiger partial charge in [-0.15, -0.1) is 24.0 Å². The minimum Gasteiger partial charge on any atom is -0.381 e. The molecule has 2 fully saturated rings. The molecule has 2 aliphatic rings. The van der Waals surface area contributed by atoms with Gasteiger partial charge < -0.3 is 15.0 Å². The van der Waals surface area contributed by atoms with Gasteiger partial charge in [-0.3, -0.25) is 4.99 Å². The molecule has 0 aromatic heterocycles.